The average molecular weight is 490 g/mol. The van der Waals surface area contributed by atoms with Crippen LogP contribution in [0.1, 0.15) is 30.9 Å². The molecule has 0 unspecified atom stereocenters. The normalized spacial score (nSPS) is 14.6. The van der Waals surface area contributed by atoms with Crippen LogP contribution in [0.25, 0.3) is 17.3 Å². The first-order valence-corrected chi connectivity index (χ1v) is 12.0. The lowest BCUT2D eigenvalue weighted by Gasteiger charge is -2.17. The molecule has 1 fully saturated rings. The number of carbonyl (C=O) groups excluding carboxylic acids is 1. The number of rotatable bonds is 6. The summed E-state index contributed by atoms with van der Waals surface area (Å²) < 4.78 is 1.62. The first kappa shape index (κ1) is 23.9. The second-order valence-electron chi connectivity index (χ2n) is 8.13. The Morgan fingerprint density at radius 1 is 1.23 bits per heavy atom. The molecule has 0 atom stereocenters. The number of hydrogen-bond donors (Lipinski definition) is 1. The maximum atomic E-state index is 13.4. The van der Waals surface area contributed by atoms with Gasteiger partial charge >= 0.3 is 0 Å². The minimum absolute atomic E-state index is 0.0330. The number of aromatic nitrogens is 1. The molecule has 178 valence electrons. The fourth-order valence-corrected chi connectivity index (χ4v) is 5.24. The van der Waals surface area contributed by atoms with Crippen LogP contribution < -0.4 is 25.4 Å². The molecular formula is C25H23N5O4S. The zero-order valence-corrected chi connectivity index (χ0v) is 19.9. The number of thiazole rings is 1. The molecule has 2 N–H and O–H groups in total. The Labute approximate surface area is 204 Å². The largest absolute Gasteiger partial charge is 0.366 e. The molecule has 2 aromatic carbocycles. The van der Waals surface area contributed by atoms with Crippen molar-refractivity contribution in [3.8, 4) is 11.8 Å². The fraction of sp³-hybridized carbons (Fsp3) is 0.240. The average Bonchev–Trinajstić information content (AvgIpc) is 3.48. The fourth-order valence-electron chi connectivity index (χ4n) is 4.13. The molecule has 0 bridgehead atoms. The van der Waals surface area contributed by atoms with E-state index in [1.165, 1.54) is 16.7 Å². The van der Waals surface area contributed by atoms with Crippen LogP contribution in [-0.2, 0) is 11.2 Å². The number of nitriles is 1. The zero-order chi connectivity index (χ0) is 25.1. The van der Waals surface area contributed by atoms with Crippen LogP contribution in [0.15, 0.2) is 47.3 Å². The highest BCUT2D eigenvalue weighted by Crippen LogP contribution is 2.31. The van der Waals surface area contributed by atoms with Gasteiger partial charge in [0.25, 0.3) is 17.2 Å². The molecule has 1 saturated heterocycles. The van der Waals surface area contributed by atoms with E-state index in [2.05, 4.69) is 0 Å². The standard InChI is InChI=1S/C25H23N5O4S/c1-2-16-5-8-18(9-6-16)29-24(32)22(35-25(29)19(15-26)23(27)31)14-17-7-10-20(21(13-17)30(33)34)28-11-3-4-12-28/h5-10,13-14H,2-4,11-12H2,1H3,(H2,27,31)/b22-14-,25-19-. The van der Waals surface area contributed by atoms with Gasteiger partial charge in [-0.15, -0.1) is 11.3 Å². The molecule has 9 nitrogen and oxygen atoms in total. The van der Waals surface area contributed by atoms with Crippen LogP contribution >= 0.6 is 11.3 Å². The van der Waals surface area contributed by atoms with Gasteiger partial charge in [0.1, 0.15) is 16.4 Å². The first-order valence-electron chi connectivity index (χ1n) is 11.1. The molecule has 0 aliphatic carbocycles. The molecule has 1 aromatic heterocycles. The van der Waals surface area contributed by atoms with E-state index in [0.717, 1.165) is 49.3 Å². The van der Waals surface area contributed by atoms with Gasteiger partial charge in [0.2, 0.25) is 0 Å². The molecule has 2 heterocycles. The molecule has 3 aromatic rings. The predicted octanol–water partition coefficient (Wildman–Crippen LogP) is 1.96. The van der Waals surface area contributed by atoms with Crippen molar-refractivity contribution in [2.24, 2.45) is 5.73 Å². The van der Waals surface area contributed by atoms with Crippen LogP contribution in [0, 0.1) is 21.4 Å². The van der Waals surface area contributed by atoms with Crippen LogP contribution in [0.5, 0.6) is 0 Å². The molecule has 10 heteroatoms. The van der Waals surface area contributed by atoms with E-state index in [-0.39, 0.29) is 20.5 Å². The maximum absolute atomic E-state index is 13.4. The van der Waals surface area contributed by atoms with Crippen molar-refractivity contribution < 1.29 is 9.72 Å². The number of nitro benzene ring substituents is 1. The van der Waals surface area contributed by atoms with E-state index in [1.807, 2.05) is 24.0 Å². The van der Waals surface area contributed by atoms with E-state index in [9.17, 15) is 25.0 Å². The number of hydrogen-bond acceptors (Lipinski definition) is 7. The highest BCUT2D eigenvalue weighted by molar-refractivity contribution is 7.07. The molecule has 1 amide bonds. The summed E-state index contributed by atoms with van der Waals surface area (Å²) in [7, 11) is 0. The van der Waals surface area contributed by atoms with Gasteiger partial charge in [-0.2, -0.15) is 5.26 Å². The van der Waals surface area contributed by atoms with Gasteiger partial charge in [0, 0.05) is 19.2 Å². The molecule has 0 saturated carbocycles. The highest BCUT2D eigenvalue weighted by Gasteiger charge is 2.22. The summed E-state index contributed by atoms with van der Waals surface area (Å²) in [6, 6.07) is 13.9. The number of nitrogens with zero attached hydrogens (tertiary/aromatic N) is 4. The maximum Gasteiger partial charge on any atom is 0.293 e. The van der Waals surface area contributed by atoms with Crippen molar-refractivity contribution in [1.82, 2.24) is 4.57 Å². The number of carbonyl (C=O) groups is 1. The second-order valence-corrected chi connectivity index (χ2v) is 9.16. The van der Waals surface area contributed by atoms with Gasteiger partial charge in [-0.3, -0.25) is 24.3 Å². The Morgan fingerprint density at radius 2 is 1.91 bits per heavy atom. The van der Waals surface area contributed by atoms with Crippen molar-refractivity contribution in [2.45, 2.75) is 26.2 Å². The number of nitro groups is 1. The van der Waals surface area contributed by atoms with E-state index in [4.69, 9.17) is 5.73 Å². The van der Waals surface area contributed by atoms with Crippen molar-refractivity contribution in [3.63, 3.8) is 0 Å². The van der Waals surface area contributed by atoms with Crippen molar-refractivity contribution in [1.29, 1.82) is 5.26 Å². The lowest BCUT2D eigenvalue weighted by Crippen LogP contribution is -2.32. The predicted molar refractivity (Wildman–Crippen MR) is 135 cm³/mol. The van der Waals surface area contributed by atoms with Crippen molar-refractivity contribution in [3.05, 3.63) is 83.3 Å². The molecule has 4 rings (SSSR count). The Bertz CT molecular complexity index is 1520. The Morgan fingerprint density at radius 3 is 2.49 bits per heavy atom. The lowest BCUT2D eigenvalue weighted by molar-refractivity contribution is -0.384. The third-order valence-electron chi connectivity index (χ3n) is 5.94. The second kappa shape index (κ2) is 9.95. The van der Waals surface area contributed by atoms with Gasteiger partial charge < -0.3 is 10.6 Å². The number of primary amides is 1. The monoisotopic (exact) mass is 489 g/mol. The third kappa shape index (κ3) is 4.72. The van der Waals surface area contributed by atoms with E-state index in [1.54, 1.807) is 30.3 Å². The molecule has 1 aliphatic heterocycles. The topological polar surface area (TPSA) is 135 Å². The number of nitrogens with two attached hydrogens (primary N) is 1. The van der Waals surface area contributed by atoms with E-state index >= 15 is 0 Å². The molecule has 35 heavy (non-hydrogen) atoms. The smallest absolute Gasteiger partial charge is 0.293 e. The Hall–Kier alpha value is -4.23. The van der Waals surface area contributed by atoms with Gasteiger partial charge in [0.15, 0.2) is 5.57 Å². The summed E-state index contributed by atoms with van der Waals surface area (Å²) in [4.78, 5) is 38.7. The van der Waals surface area contributed by atoms with E-state index < -0.39 is 16.4 Å². The minimum Gasteiger partial charge on any atom is -0.366 e. The number of benzene rings is 2. The number of anilines is 1. The summed E-state index contributed by atoms with van der Waals surface area (Å²) in [5.41, 5.74) is 7.18. The first-order chi connectivity index (χ1) is 16.8. The quantitative estimate of drug-likeness (QED) is 0.415. The summed E-state index contributed by atoms with van der Waals surface area (Å²) >= 11 is 0.945. The highest BCUT2D eigenvalue weighted by atomic mass is 32.1. The summed E-state index contributed by atoms with van der Waals surface area (Å²) in [6.45, 7) is 3.53. The van der Waals surface area contributed by atoms with Gasteiger partial charge in [-0.05, 0) is 54.7 Å². The summed E-state index contributed by atoms with van der Waals surface area (Å²) in [6.07, 6.45) is 4.32. The minimum atomic E-state index is -0.940. The van der Waals surface area contributed by atoms with Crippen LogP contribution in [-0.4, -0.2) is 28.5 Å². The van der Waals surface area contributed by atoms with Crippen molar-refractivity contribution >= 4 is 40.3 Å². The van der Waals surface area contributed by atoms with Crippen LogP contribution in [0.4, 0.5) is 11.4 Å². The van der Waals surface area contributed by atoms with Gasteiger partial charge in [-0.1, -0.05) is 25.1 Å². The van der Waals surface area contributed by atoms with Crippen LogP contribution in [0.2, 0.25) is 0 Å². The number of amides is 1. The molecular weight excluding hydrogens is 466 g/mol. The van der Waals surface area contributed by atoms with Crippen LogP contribution in [0.3, 0.4) is 0 Å². The molecule has 0 spiro atoms. The third-order valence-corrected chi connectivity index (χ3v) is 7.03. The lowest BCUT2D eigenvalue weighted by atomic mass is 10.1. The SMILES string of the molecule is CCc1ccc(-n2c(=O)/c(=C/c3ccc(N4CCCC4)c([N+](=O)[O-])c3)s/c2=C(/C#N)C(N)=O)cc1. The summed E-state index contributed by atoms with van der Waals surface area (Å²) in [5.74, 6) is -0.940. The van der Waals surface area contributed by atoms with Crippen molar-refractivity contribution in [2.75, 3.05) is 18.0 Å². The molecule has 1 aliphatic rings. The Kier molecular flexibility index (Phi) is 6.80. The summed E-state index contributed by atoms with van der Waals surface area (Å²) in [5, 5.41) is 21.3. The van der Waals surface area contributed by atoms with Gasteiger partial charge in [0.05, 0.1) is 15.1 Å². The molecule has 0 radical (unpaired) electrons. The van der Waals surface area contributed by atoms with Gasteiger partial charge in [-0.25, -0.2) is 0 Å². The van der Waals surface area contributed by atoms with E-state index in [0.29, 0.717) is 16.9 Å². The Balaban J connectivity index is 1.94. The number of aryl methyl sites for hydroxylation is 1. The zero-order valence-electron chi connectivity index (χ0n) is 19.1.